The standard InChI is InChI=1S/C12H13N3O3/c1-8-6-9(15(2)14-8)7-18-10-4-3-5-13-11(10)12(16)17/h3-6H,7H2,1-2H3,(H,16,17). The average molecular weight is 247 g/mol. The SMILES string of the molecule is Cc1cc(COc2cccnc2C(=O)O)n(C)n1. The van der Waals surface area contributed by atoms with E-state index in [1.54, 1.807) is 16.8 Å². The molecule has 6 heteroatoms. The molecule has 6 nitrogen and oxygen atoms in total. The first-order chi connectivity index (χ1) is 8.58. The highest BCUT2D eigenvalue weighted by molar-refractivity contribution is 5.88. The molecule has 94 valence electrons. The third-order valence-corrected chi connectivity index (χ3v) is 2.45. The number of carbonyl (C=O) groups is 1. The van der Waals surface area contributed by atoms with Crippen LogP contribution in [0.3, 0.4) is 0 Å². The molecule has 0 aliphatic heterocycles. The fourth-order valence-electron chi connectivity index (χ4n) is 1.62. The number of carboxylic acids is 1. The topological polar surface area (TPSA) is 77.2 Å². The van der Waals surface area contributed by atoms with Gasteiger partial charge < -0.3 is 9.84 Å². The second-order valence-corrected chi connectivity index (χ2v) is 3.84. The van der Waals surface area contributed by atoms with Crippen molar-refractivity contribution in [3.8, 4) is 5.75 Å². The normalized spacial score (nSPS) is 10.3. The number of ether oxygens (including phenoxy) is 1. The van der Waals surface area contributed by atoms with Gasteiger partial charge in [-0.15, -0.1) is 0 Å². The summed E-state index contributed by atoms with van der Waals surface area (Å²) in [4.78, 5) is 14.7. The zero-order valence-corrected chi connectivity index (χ0v) is 10.1. The Balaban J connectivity index is 2.15. The first kappa shape index (κ1) is 12.1. The van der Waals surface area contributed by atoms with Crippen molar-refractivity contribution in [3.63, 3.8) is 0 Å². The maximum Gasteiger partial charge on any atom is 0.358 e. The molecule has 0 bridgehead atoms. The number of aromatic carboxylic acids is 1. The van der Waals surface area contributed by atoms with Crippen LogP contribution in [-0.4, -0.2) is 25.8 Å². The van der Waals surface area contributed by atoms with Crippen molar-refractivity contribution in [1.29, 1.82) is 0 Å². The summed E-state index contributed by atoms with van der Waals surface area (Å²) in [6.45, 7) is 2.14. The number of pyridine rings is 1. The quantitative estimate of drug-likeness (QED) is 0.883. The zero-order valence-electron chi connectivity index (χ0n) is 10.1. The maximum absolute atomic E-state index is 10.9. The Morgan fingerprint density at radius 3 is 2.94 bits per heavy atom. The number of aryl methyl sites for hydroxylation is 2. The van der Waals surface area contributed by atoms with E-state index in [1.807, 2.05) is 20.0 Å². The molecular weight excluding hydrogens is 234 g/mol. The fraction of sp³-hybridized carbons (Fsp3) is 0.250. The molecule has 18 heavy (non-hydrogen) atoms. The first-order valence-electron chi connectivity index (χ1n) is 5.38. The van der Waals surface area contributed by atoms with E-state index >= 15 is 0 Å². The predicted octanol–water partition coefficient (Wildman–Crippen LogP) is 1.40. The van der Waals surface area contributed by atoms with Crippen LogP contribution in [0.15, 0.2) is 24.4 Å². The van der Waals surface area contributed by atoms with Crippen molar-refractivity contribution in [1.82, 2.24) is 14.8 Å². The molecule has 0 atom stereocenters. The van der Waals surface area contributed by atoms with Crippen LogP contribution in [0.4, 0.5) is 0 Å². The number of rotatable bonds is 4. The number of carboxylic acid groups (broad SMARTS) is 1. The summed E-state index contributed by atoms with van der Waals surface area (Å²) in [5.74, 6) is -0.851. The lowest BCUT2D eigenvalue weighted by atomic mass is 10.3. The monoisotopic (exact) mass is 247 g/mol. The van der Waals surface area contributed by atoms with Gasteiger partial charge in [0.2, 0.25) is 0 Å². The van der Waals surface area contributed by atoms with E-state index in [9.17, 15) is 4.79 Å². The Morgan fingerprint density at radius 1 is 1.56 bits per heavy atom. The van der Waals surface area contributed by atoms with Crippen LogP contribution in [0, 0.1) is 6.92 Å². The van der Waals surface area contributed by atoms with Gasteiger partial charge in [-0.1, -0.05) is 0 Å². The van der Waals surface area contributed by atoms with Gasteiger partial charge in [-0.25, -0.2) is 9.78 Å². The Bertz CT molecular complexity index is 578. The molecule has 0 unspecified atom stereocenters. The summed E-state index contributed by atoms with van der Waals surface area (Å²) in [5, 5.41) is 13.1. The van der Waals surface area contributed by atoms with E-state index in [4.69, 9.17) is 9.84 Å². The van der Waals surface area contributed by atoms with Gasteiger partial charge in [0.05, 0.1) is 11.4 Å². The van der Waals surface area contributed by atoms with Gasteiger partial charge in [-0.2, -0.15) is 5.10 Å². The van der Waals surface area contributed by atoms with Gasteiger partial charge in [0, 0.05) is 13.2 Å². The van der Waals surface area contributed by atoms with Crippen molar-refractivity contribution in [2.75, 3.05) is 0 Å². The van der Waals surface area contributed by atoms with Crippen molar-refractivity contribution in [3.05, 3.63) is 41.5 Å². The molecular formula is C12H13N3O3. The van der Waals surface area contributed by atoms with Gasteiger partial charge in [-0.05, 0) is 25.1 Å². The van der Waals surface area contributed by atoms with Crippen molar-refractivity contribution < 1.29 is 14.6 Å². The molecule has 2 aromatic heterocycles. The second kappa shape index (κ2) is 4.87. The van der Waals surface area contributed by atoms with Crippen molar-refractivity contribution >= 4 is 5.97 Å². The second-order valence-electron chi connectivity index (χ2n) is 3.84. The van der Waals surface area contributed by atoms with Gasteiger partial charge in [0.25, 0.3) is 0 Å². The van der Waals surface area contributed by atoms with E-state index in [2.05, 4.69) is 10.1 Å². The minimum Gasteiger partial charge on any atom is -0.485 e. The van der Waals surface area contributed by atoms with Crippen LogP contribution in [0.1, 0.15) is 21.9 Å². The number of aromatic nitrogens is 3. The molecule has 0 radical (unpaired) electrons. The summed E-state index contributed by atoms with van der Waals surface area (Å²) in [5.41, 5.74) is 1.67. The molecule has 0 aliphatic rings. The first-order valence-corrected chi connectivity index (χ1v) is 5.38. The smallest absolute Gasteiger partial charge is 0.358 e. The van der Waals surface area contributed by atoms with Gasteiger partial charge in [0.1, 0.15) is 6.61 Å². The summed E-state index contributed by atoms with van der Waals surface area (Å²) in [6.07, 6.45) is 1.42. The van der Waals surface area contributed by atoms with Crippen LogP contribution in [-0.2, 0) is 13.7 Å². The zero-order chi connectivity index (χ0) is 13.1. The molecule has 0 saturated heterocycles. The minimum absolute atomic E-state index is 0.0867. The Morgan fingerprint density at radius 2 is 2.33 bits per heavy atom. The number of hydrogen-bond donors (Lipinski definition) is 1. The summed E-state index contributed by atoms with van der Waals surface area (Å²) in [6, 6.07) is 5.10. The van der Waals surface area contributed by atoms with Crippen LogP contribution in [0.5, 0.6) is 5.75 Å². The van der Waals surface area contributed by atoms with E-state index in [-0.39, 0.29) is 18.1 Å². The molecule has 0 fully saturated rings. The average Bonchev–Trinajstić information content (AvgIpc) is 2.65. The third kappa shape index (κ3) is 2.48. The molecule has 0 aromatic carbocycles. The van der Waals surface area contributed by atoms with Gasteiger partial charge in [0.15, 0.2) is 11.4 Å². The van der Waals surface area contributed by atoms with Crippen molar-refractivity contribution in [2.45, 2.75) is 13.5 Å². The van der Waals surface area contributed by atoms with Crippen LogP contribution >= 0.6 is 0 Å². The molecule has 1 N–H and O–H groups in total. The van der Waals surface area contributed by atoms with E-state index < -0.39 is 5.97 Å². The Labute approximate surface area is 104 Å². The summed E-state index contributed by atoms with van der Waals surface area (Å²) < 4.78 is 7.18. The Kier molecular flexibility index (Phi) is 3.27. The Hall–Kier alpha value is -2.37. The van der Waals surface area contributed by atoms with Crippen molar-refractivity contribution in [2.24, 2.45) is 7.05 Å². The highest BCUT2D eigenvalue weighted by Crippen LogP contribution is 2.17. The lowest BCUT2D eigenvalue weighted by Gasteiger charge is -2.07. The summed E-state index contributed by atoms with van der Waals surface area (Å²) >= 11 is 0. The van der Waals surface area contributed by atoms with Crippen LogP contribution < -0.4 is 4.74 Å². The number of hydrogen-bond acceptors (Lipinski definition) is 4. The maximum atomic E-state index is 10.9. The van der Waals surface area contributed by atoms with Crippen LogP contribution in [0.25, 0.3) is 0 Å². The highest BCUT2D eigenvalue weighted by Gasteiger charge is 2.13. The van der Waals surface area contributed by atoms with E-state index in [0.717, 1.165) is 11.4 Å². The lowest BCUT2D eigenvalue weighted by Crippen LogP contribution is -2.07. The minimum atomic E-state index is -1.10. The molecule has 2 aromatic rings. The predicted molar refractivity (Wildman–Crippen MR) is 63.5 cm³/mol. The molecule has 0 aliphatic carbocycles. The van der Waals surface area contributed by atoms with E-state index in [0.29, 0.717) is 0 Å². The fourth-order valence-corrected chi connectivity index (χ4v) is 1.62. The van der Waals surface area contributed by atoms with Gasteiger partial charge in [-0.3, -0.25) is 4.68 Å². The molecule has 2 rings (SSSR count). The number of nitrogens with zero attached hydrogens (tertiary/aromatic N) is 3. The highest BCUT2D eigenvalue weighted by atomic mass is 16.5. The molecule has 0 spiro atoms. The molecule has 0 saturated carbocycles. The van der Waals surface area contributed by atoms with Gasteiger partial charge >= 0.3 is 5.97 Å². The van der Waals surface area contributed by atoms with Crippen LogP contribution in [0.2, 0.25) is 0 Å². The largest absolute Gasteiger partial charge is 0.485 e. The summed E-state index contributed by atoms with van der Waals surface area (Å²) in [7, 11) is 1.81. The van der Waals surface area contributed by atoms with E-state index in [1.165, 1.54) is 6.20 Å². The third-order valence-electron chi connectivity index (χ3n) is 2.45. The molecule has 2 heterocycles. The molecule has 0 amide bonds. The lowest BCUT2D eigenvalue weighted by molar-refractivity contribution is 0.0684.